The lowest BCUT2D eigenvalue weighted by Crippen LogP contribution is -2.34. The van der Waals surface area contributed by atoms with Crippen LogP contribution in [0, 0.1) is 0 Å². The standard InChI is InChI=1S/C21H22N4O3S/c1-27-16-9-5-14(6-10-16)19-23-20(28-24-19)18-4-3-13-25(18)21(26)22-15-7-11-17(29-2)12-8-15/h5-12,18H,3-4,13H2,1-2H3,(H,22,26). The molecule has 4 rings (SSSR count). The molecular formula is C21H22N4O3S. The molecule has 2 heterocycles. The highest BCUT2D eigenvalue weighted by Crippen LogP contribution is 2.33. The number of anilines is 1. The van der Waals surface area contributed by atoms with E-state index in [1.165, 1.54) is 0 Å². The zero-order valence-corrected chi connectivity index (χ0v) is 17.1. The first kappa shape index (κ1) is 19.3. The average Bonchev–Trinajstić information content (AvgIpc) is 3.44. The summed E-state index contributed by atoms with van der Waals surface area (Å²) in [6.07, 6.45) is 3.71. The third-order valence-electron chi connectivity index (χ3n) is 4.93. The monoisotopic (exact) mass is 410 g/mol. The molecule has 3 aromatic rings. The van der Waals surface area contributed by atoms with Gasteiger partial charge in [0.2, 0.25) is 11.7 Å². The number of urea groups is 1. The molecule has 2 amide bonds. The van der Waals surface area contributed by atoms with Crippen LogP contribution in [0.5, 0.6) is 5.75 Å². The Morgan fingerprint density at radius 1 is 1.21 bits per heavy atom. The summed E-state index contributed by atoms with van der Waals surface area (Å²) in [5, 5.41) is 7.06. The van der Waals surface area contributed by atoms with Crippen molar-refractivity contribution in [3.05, 3.63) is 54.4 Å². The van der Waals surface area contributed by atoms with Crippen molar-refractivity contribution in [2.75, 3.05) is 25.2 Å². The van der Waals surface area contributed by atoms with Crippen LogP contribution in [-0.4, -0.2) is 41.0 Å². The van der Waals surface area contributed by atoms with Crippen molar-refractivity contribution in [1.82, 2.24) is 15.0 Å². The molecule has 8 heteroatoms. The summed E-state index contributed by atoms with van der Waals surface area (Å²) < 4.78 is 10.7. The third kappa shape index (κ3) is 4.22. The van der Waals surface area contributed by atoms with Gasteiger partial charge in [-0.2, -0.15) is 4.98 Å². The van der Waals surface area contributed by atoms with Crippen LogP contribution in [0.1, 0.15) is 24.8 Å². The number of hydrogen-bond acceptors (Lipinski definition) is 6. The Labute approximate surface area is 173 Å². The summed E-state index contributed by atoms with van der Waals surface area (Å²) >= 11 is 1.66. The van der Waals surface area contributed by atoms with Crippen molar-refractivity contribution in [3.8, 4) is 17.1 Å². The Balaban J connectivity index is 1.47. The van der Waals surface area contributed by atoms with Crippen LogP contribution in [0.25, 0.3) is 11.4 Å². The molecule has 0 aliphatic carbocycles. The van der Waals surface area contributed by atoms with Crippen molar-refractivity contribution in [2.45, 2.75) is 23.8 Å². The molecule has 7 nitrogen and oxygen atoms in total. The van der Waals surface area contributed by atoms with E-state index in [2.05, 4.69) is 15.5 Å². The van der Waals surface area contributed by atoms with E-state index in [1.54, 1.807) is 23.8 Å². The lowest BCUT2D eigenvalue weighted by atomic mass is 10.2. The number of nitrogens with zero attached hydrogens (tertiary/aromatic N) is 3. The predicted octanol–water partition coefficient (Wildman–Crippen LogP) is 4.84. The van der Waals surface area contributed by atoms with Crippen LogP contribution in [0.3, 0.4) is 0 Å². The summed E-state index contributed by atoms with van der Waals surface area (Å²) in [5.41, 5.74) is 1.60. The van der Waals surface area contributed by atoms with Crippen molar-refractivity contribution in [1.29, 1.82) is 0 Å². The Kier molecular flexibility index (Phi) is 5.71. The van der Waals surface area contributed by atoms with Gasteiger partial charge in [0.15, 0.2) is 0 Å². The fourth-order valence-corrected chi connectivity index (χ4v) is 3.77. The van der Waals surface area contributed by atoms with Crippen LogP contribution in [-0.2, 0) is 0 Å². The van der Waals surface area contributed by atoms with Gasteiger partial charge in [-0.25, -0.2) is 4.79 Å². The molecule has 1 fully saturated rings. The number of likely N-dealkylation sites (tertiary alicyclic amines) is 1. The van der Waals surface area contributed by atoms with E-state index in [-0.39, 0.29) is 12.1 Å². The quantitative estimate of drug-likeness (QED) is 0.607. The van der Waals surface area contributed by atoms with Crippen molar-refractivity contribution < 1.29 is 14.1 Å². The van der Waals surface area contributed by atoms with Gasteiger partial charge in [-0.1, -0.05) is 5.16 Å². The number of rotatable bonds is 5. The number of carbonyl (C=O) groups excluding carboxylic acids is 1. The summed E-state index contributed by atoms with van der Waals surface area (Å²) in [4.78, 5) is 20.3. The van der Waals surface area contributed by atoms with Gasteiger partial charge in [0.05, 0.1) is 7.11 Å². The molecule has 1 aromatic heterocycles. The SMILES string of the molecule is COc1ccc(-c2noc(C3CCCN3C(=O)Nc3ccc(SC)cc3)n2)cc1. The number of amides is 2. The molecule has 29 heavy (non-hydrogen) atoms. The van der Waals surface area contributed by atoms with E-state index in [0.29, 0.717) is 18.3 Å². The van der Waals surface area contributed by atoms with E-state index in [0.717, 1.165) is 34.7 Å². The minimum Gasteiger partial charge on any atom is -0.497 e. The maximum absolute atomic E-state index is 12.8. The number of aromatic nitrogens is 2. The number of hydrogen-bond donors (Lipinski definition) is 1. The third-order valence-corrected chi connectivity index (χ3v) is 5.67. The van der Waals surface area contributed by atoms with Gasteiger partial charge < -0.3 is 19.5 Å². The van der Waals surface area contributed by atoms with E-state index < -0.39 is 0 Å². The molecule has 0 spiro atoms. The molecule has 0 bridgehead atoms. The zero-order chi connectivity index (χ0) is 20.2. The average molecular weight is 410 g/mol. The molecule has 1 N–H and O–H groups in total. The number of carbonyl (C=O) groups is 1. The molecule has 1 atom stereocenters. The number of benzene rings is 2. The van der Waals surface area contributed by atoms with E-state index in [1.807, 2.05) is 54.8 Å². The highest BCUT2D eigenvalue weighted by Gasteiger charge is 2.34. The number of methoxy groups -OCH3 is 1. The lowest BCUT2D eigenvalue weighted by Gasteiger charge is -2.22. The molecule has 0 saturated carbocycles. The van der Waals surface area contributed by atoms with Crippen LogP contribution in [0.4, 0.5) is 10.5 Å². The number of nitrogens with one attached hydrogen (secondary N) is 1. The van der Waals surface area contributed by atoms with E-state index in [9.17, 15) is 4.79 Å². The molecule has 0 radical (unpaired) electrons. The summed E-state index contributed by atoms with van der Waals surface area (Å²) in [6.45, 7) is 0.652. The highest BCUT2D eigenvalue weighted by atomic mass is 32.2. The van der Waals surface area contributed by atoms with Gasteiger partial charge in [0.1, 0.15) is 11.8 Å². The Bertz CT molecular complexity index is 972. The molecule has 1 aliphatic rings. The molecule has 1 saturated heterocycles. The van der Waals surface area contributed by atoms with Crippen LogP contribution in [0.15, 0.2) is 57.9 Å². The first-order chi connectivity index (χ1) is 14.2. The highest BCUT2D eigenvalue weighted by molar-refractivity contribution is 7.98. The predicted molar refractivity (Wildman–Crippen MR) is 112 cm³/mol. The van der Waals surface area contributed by atoms with Crippen LogP contribution in [0.2, 0.25) is 0 Å². The van der Waals surface area contributed by atoms with Gasteiger partial charge >= 0.3 is 6.03 Å². The summed E-state index contributed by atoms with van der Waals surface area (Å²) in [7, 11) is 1.62. The first-order valence-corrected chi connectivity index (χ1v) is 10.6. The van der Waals surface area contributed by atoms with Crippen molar-refractivity contribution in [2.24, 2.45) is 0 Å². The van der Waals surface area contributed by atoms with Gasteiger partial charge in [-0.3, -0.25) is 0 Å². The second-order valence-corrected chi connectivity index (χ2v) is 7.57. The lowest BCUT2D eigenvalue weighted by molar-refractivity contribution is 0.193. The number of ether oxygens (including phenoxy) is 1. The minimum absolute atomic E-state index is 0.159. The zero-order valence-electron chi connectivity index (χ0n) is 16.3. The maximum Gasteiger partial charge on any atom is 0.322 e. The largest absolute Gasteiger partial charge is 0.497 e. The van der Waals surface area contributed by atoms with Gasteiger partial charge in [0, 0.05) is 22.7 Å². The Hall–Kier alpha value is -3.00. The fourth-order valence-electron chi connectivity index (χ4n) is 3.36. The van der Waals surface area contributed by atoms with Crippen LogP contribution < -0.4 is 10.1 Å². The summed E-state index contributed by atoms with van der Waals surface area (Å²) in [6, 6.07) is 14.9. The minimum atomic E-state index is -0.222. The smallest absolute Gasteiger partial charge is 0.322 e. The Morgan fingerprint density at radius 3 is 2.66 bits per heavy atom. The normalized spacial score (nSPS) is 16.1. The number of thioether (sulfide) groups is 1. The second-order valence-electron chi connectivity index (χ2n) is 6.69. The first-order valence-electron chi connectivity index (χ1n) is 9.37. The van der Waals surface area contributed by atoms with Gasteiger partial charge in [-0.15, -0.1) is 11.8 Å². The maximum atomic E-state index is 12.8. The van der Waals surface area contributed by atoms with Gasteiger partial charge in [0.25, 0.3) is 0 Å². The fraction of sp³-hybridized carbons (Fsp3) is 0.286. The topological polar surface area (TPSA) is 80.5 Å². The summed E-state index contributed by atoms with van der Waals surface area (Å²) in [5.74, 6) is 1.73. The molecular weight excluding hydrogens is 388 g/mol. The molecule has 1 aliphatic heterocycles. The second kappa shape index (κ2) is 8.57. The van der Waals surface area contributed by atoms with Gasteiger partial charge in [-0.05, 0) is 67.6 Å². The Morgan fingerprint density at radius 2 is 1.97 bits per heavy atom. The molecule has 150 valence electrons. The van der Waals surface area contributed by atoms with E-state index >= 15 is 0 Å². The van der Waals surface area contributed by atoms with Crippen LogP contribution >= 0.6 is 11.8 Å². The van der Waals surface area contributed by atoms with Crippen molar-refractivity contribution >= 4 is 23.5 Å². The van der Waals surface area contributed by atoms with Crippen molar-refractivity contribution in [3.63, 3.8) is 0 Å². The molecule has 1 unspecified atom stereocenters. The molecule has 2 aromatic carbocycles. The van der Waals surface area contributed by atoms with E-state index in [4.69, 9.17) is 9.26 Å².